The summed E-state index contributed by atoms with van der Waals surface area (Å²) in [6, 6.07) is 9.93. The van der Waals surface area contributed by atoms with E-state index in [0.29, 0.717) is 0 Å². The van der Waals surface area contributed by atoms with Gasteiger partial charge in [-0.1, -0.05) is 25.1 Å². The highest BCUT2D eigenvalue weighted by atomic mass is 16.5. The van der Waals surface area contributed by atoms with Gasteiger partial charge in [-0.05, 0) is 18.6 Å². The molecule has 0 saturated carbocycles. The van der Waals surface area contributed by atoms with Crippen molar-refractivity contribution in [2.45, 2.75) is 32.3 Å². The van der Waals surface area contributed by atoms with Crippen molar-refractivity contribution >= 4 is 6.03 Å². The lowest BCUT2D eigenvalue weighted by Crippen LogP contribution is -2.46. The minimum absolute atomic E-state index is 0.0556. The molecule has 0 radical (unpaired) electrons. The highest BCUT2D eigenvalue weighted by molar-refractivity contribution is 5.74. The van der Waals surface area contributed by atoms with E-state index >= 15 is 0 Å². The summed E-state index contributed by atoms with van der Waals surface area (Å²) in [6.07, 6.45) is 2.99. The fraction of sp³-hybridized carbons (Fsp3) is 0.533. The first-order valence-electron chi connectivity index (χ1n) is 7.04. The summed E-state index contributed by atoms with van der Waals surface area (Å²) in [5.74, 6) is 0.913. The number of hydrogen-bond acceptors (Lipinski definition) is 2. The zero-order valence-electron chi connectivity index (χ0n) is 11.5. The third-order valence-corrected chi connectivity index (χ3v) is 3.30. The van der Waals surface area contributed by atoms with Crippen molar-refractivity contribution in [2.24, 2.45) is 0 Å². The Balaban J connectivity index is 1.75. The summed E-state index contributed by atoms with van der Waals surface area (Å²) in [4.78, 5) is 13.7. The zero-order chi connectivity index (χ0) is 13.5. The van der Waals surface area contributed by atoms with Crippen LogP contribution in [0.5, 0.6) is 5.75 Å². The van der Waals surface area contributed by atoms with Gasteiger partial charge in [0.25, 0.3) is 0 Å². The van der Waals surface area contributed by atoms with E-state index in [9.17, 15) is 4.79 Å². The van der Waals surface area contributed by atoms with Crippen molar-refractivity contribution < 1.29 is 9.53 Å². The molecule has 1 aliphatic rings. The van der Waals surface area contributed by atoms with Gasteiger partial charge in [-0.2, -0.15) is 0 Å². The number of nitrogens with one attached hydrogen (secondary N) is 1. The van der Waals surface area contributed by atoms with Crippen LogP contribution < -0.4 is 10.1 Å². The van der Waals surface area contributed by atoms with Crippen molar-refractivity contribution in [3.05, 3.63) is 30.3 Å². The minimum Gasteiger partial charge on any atom is -0.490 e. The van der Waals surface area contributed by atoms with Crippen LogP contribution in [0.2, 0.25) is 0 Å². The minimum atomic E-state index is 0.0556. The largest absolute Gasteiger partial charge is 0.490 e. The first-order chi connectivity index (χ1) is 9.29. The third kappa shape index (κ3) is 4.16. The summed E-state index contributed by atoms with van der Waals surface area (Å²) >= 11 is 0. The molecule has 0 aromatic heterocycles. The van der Waals surface area contributed by atoms with E-state index < -0.39 is 0 Å². The Kier molecular flexibility index (Phi) is 5.07. The zero-order valence-corrected chi connectivity index (χ0v) is 11.5. The molecule has 0 bridgehead atoms. The second kappa shape index (κ2) is 7.02. The number of urea groups is 1. The van der Waals surface area contributed by atoms with Crippen molar-refractivity contribution in [1.29, 1.82) is 0 Å². The Morgan fingerprint density at radius 2 is 2.00 bits per heavy atom. The number of likely N-dealkylation sites (tertiary alicyclic amines) is 1. The first-order valence-corrected chi connectivity index (χ1v) is 7.04. The molecule has 0 aliphatic carbocycles. The van der Waals surface area contributed by atoms with Crippen LogP contribution in [-0.2, 0) is 0 Å². The second-order valence-corrected chi connectivity index (χ2v) is 4.85. The first kappa shape index (κ1) is 13.7. The van der Waals surface area contributed by atoms with Crippen LogP contribution in [0, 0.1) is 0 Å². The van der Waals surface area contributed by atoms with E-state index in [1.54, 1.807) is 0 Å². The number of ether oxygens (including phenoxy) is 1. The van der Waals surface area contributed by atoms with Gasteiger partial charge in [0.05, 0.1) is 0 Å². The smallest absolute Gasteiger partial charge is 0.317 e. The van der Waals surface area contributed by atoms with E-state index in [1.165, 1.54) is 0 Å². The molecule has 0 atom stereocenters. The molecule has 104 valence electrons. The molecule has 19 heavy (non-hydrogen) atoms. The van der Waals surface area contributed by atoms with Gasteiger partial charge in [0.2, 0.25) is 0 Å². The number of carbonyl (C=O) groups excluding carboxylic acids is 1. The van der Waals surface area contributed by atoms with Gasteiger partial charge in [0, 0.05) is 32.5 Å². The van der Waals surface area contributed by atoms with Gasteiger partial charge in [0.1, 0.15) is 11.9 Å². The fourth-order valence-corrected chi connectivity index (χ4v) is 2.21. The molecule has 2 rings (SSSR count). The fourth-order valence-electron chi connectivity index (χ4n) is 2.21. The van der Waals surface area contributed by atoms with Crippen LogP contribution in [0.1, 0.15) is 26.2 Å². The highest BCUT2D eigenvalue weighted by Gasteiger charge is 2.23. The Hall–Kier alpha value is -1.71. The van der Waals surface area contributed by atoms with Gasteiger partial charge >= 0.3 is 6.03 Å². The standard InChI is InChI=1S/C15H22N2O2/c1-2-10-16-15(18)17-11-8-14(9-12-17)19-13-6-4-3-5-7-13/h3-7,14H,2,8-12H2,1H3,(H,16,18). The summed E-state index contributed by atoms with van der Waals surface area (Å²) in [5, 5.41) is 2.91. The van der Waals surface area contributed by atoms with Crippen molar-refractivity contribution in [3.8, 4) is 5.75 Å². The molecule has 1 saturated heterocycles. The average Bonchev–Trinajstić information content (AvgIpc) is 2.46. The SMILES string of the molecule is CCCNC(=O)N1CCC(Oc2ccccc2)CC1. The molecule has 1 aromatic carbocycles. The van der Waals surface area contributed by atoms with Crippen molar-refractivity contribution in [1.82, 2.24) is 10.2 Å². The number of nitrogens with zero attached hydrogens (tertiary/aromatic N) is 1. The molecule has 0 spiro atoms. The molecule has 0 unspecified atom stereocenters. The van der Waals surface area contributed by atoms with Gasteiger partial charge in [0.15, 0.2) is 0 Å². The van der Waals surface area contributed by atoms with Gasteiger partial charge in [-0.15, -0.1) is 0 Å². The Morgan fingerprint density at radius 1 is 1.32 bits per heavy atom. The summed E-state index contributed by atoms with van der Waals surface area (Å²) in [6.45, 7) is 4.35. The lowest BCUT2D eigenvalue weighted by Gasteiger charge is -2.32. The van der Waals surface area contributed by atoms with E-state index in [-0.39, 0.29) is 12.1 Å². The lowest BCUT2D eigenvalue weighted by molar-refractivity contribution is 0.111. The normalized spacial score (nSPS) is 16.2. The molecular weight excluding hydrogens is 240 g/mol. The predicted octanol–water partition coefficient (Wildman–Crippen LogP) is 2.65. The molecule has 1 fully saturated rings. The number of carbonyl (C=O) groups is 1. The van der Waals surface area contributed by atoms with E-state index in [0.717, 1.165) is 44.6 Å². The molecule has 4 nitrogen and oxygen atoms in total. The van der Waals surface area contributed by atoms with Gasteiger partial charge in [-0.25, -0.2) is 4.79 Å². The summed E-state index contributed by atoms with van der Waals surface area (Å²) < 4.78 is 5.91. The maximum Gasteiger partial charge on any atom is 0.317 e. The molecule has 1 aromatic rings. The van der Waals surface area contributed by atoms with Crippen LogP contribution in [0.15, 0.2) is 30.3 Å². The molecule has 1 heterocycles. The van der Waals surface area contributed by atoms with Crippen molar-refractivity contribution in [2.75, 3.05) is 19.6 Å². The van der Waals surface area contributed by atoms with Gasteiger partial charge < -0.3 is 15.0 Å². The monoisotopic (exact) mass is 262 g/mol. The maximum atomic E-state index is 11.8. The lowest BCUT2D eigenvalue weighted by atomic mass is 10.1. The van der Waals surface area contributed by atoms with Crippen molar-refractivity contribution in [3.63, 3.8) is 0 Å². The molecule has 2 amide bonds. The third-order valence-electron chi connectivity index (χ3n) is 3.30. The van der Waals surface area contributed by atoms with Crippen LogP contribution >= 0.6 is 0 Å². The van der Waals surface area contributed by atoms with Gasteiger partial charge in [-0.3, -0.25) is 0 Å². The van der Waals surface area contributed by atoms with E-state index in [1.807, 2.05) is 35.2 Å². The molecule has 1 N–H and O–H groups in total. The van der Waals surface area contributed by atoms with E-state index in [2.05, 4.69) is 12.2 Å². The Labute approximate surface area is 114 Å². The number of rotatable bonds is 4. The number of benzene rings is 1. The second-order valence-electron chi connectivity index (χ2n) is 4.85. The Bertz CT molecular complexity index is 386. The molecule has 4 heteroatoms. The number of piperidine rings is 1. The molecule has 1 aliphatic heterocycles. The maximum absolute atomic E-state index is 11.8. The topological polar surface area (TPSA) is 41.6 Å². The summed E-state index contributed by atoms with van der Waals surface area (Å²) in [7, 11) is 0. The predicted molar refractivity (Wildman–Crippen MR) is 75.4 cm³/mol. The quantitative estimate of drug-likeness (QED) is 0.906. The number of hydrogen-bond donors (Lipinski definition) is 1. The van der Waals surface area contributed by atoms with Crippen LogP contribution in [-0.4, -0.2) is 36.7 Å². The van der Waals surface area contributed by atoms with Crippen LogP contribution in [0.3, 0.4) is 0 Å². The number of para-hydroxylation sites is 1. The Morgan fingerprint density at radius 3 is 2.63 bits per heavy atom. The average molecular weight is 262 g/mol. The van der Waals surface area contributed by atoms with E-state index in [4.69, 9.17) is 4.74 Å². The molecular formula is C15H22N2O2. The summed E-state index contributed by atoms with van der Waals surface area (Å²) in [5.41, 5.74) is 0. The van der Waals surface area contributed by atoms with Crippen LogP contribution in [0.4, 0.5) is 4.79 Å². The van der Waals surface area contributed by atoms with Crippen LogP contribution in [0.25, 0.3) is 0 Å². The number of amides is 2. The highest BCUT2D eigenvalue weighted by Crippen LogP contribution is 2.18.